The van der Waals surface area contributed by atoms with Gasteiger partial charge in [0.15, 0.2) is 0 Å². The Morgan fingerprint density at radius 1 is 1.28 bits per heavy atom. The van der Waals surface area contributed by atoms with Crippen LogP contribution >= 0.6 is 0 Å². The lowest BCUT2D eigenvalue weighted by molar-refractivity contribution is 0.0631. The maximum atomic E-state index is 5.83. The first-order valence-corrected chi connectivity index (χ1v) is 6.73. The molecule has 0 aliphatic carbocycles. The minimum atomic E-state index is 0.248. The highest BCUT2D eigenvalue weighted by Gasteiger charge is 2.17. The van der Waals surface area contributed by atoms with Gasteiger partial charge in [0.1, 0.15) is 0 Å². The van der Waals surface area contributed by atoms with Gasteiger partial charge in [-0.05, 0) is 38.7 Å². The molecule has 1 aromatic carbocycles. The summed E-state index contributed by atoms with van der Waals surface area (Å²) >= 11 is 0. The van der Waals surface area contributed by atoms with Gasteiger partial charge in [-0.25, -0.2) is 0 Å². The van der Waals surface area contributed by atoms with E-state index in [1.807, 2.05) is 0 Å². The zero-order valence-corrected chi connectivity index (χ0v) is 11.4. The van der Waals surface area contributed by atoms with Gasteiger partial charge in [-0.1, -0.05) is 53.6 Å². The van der Waals surface area contributed by atoms with Crippen LogP contribution in [0.1, 0.15) is 44.8 Å². The molecule has 96 valence electrons. The summed E-state index contributed by atoms with van der Waals surface area (Å²) in [6.07, 6.45) is 8.16. The van der Waals surface area contributed by atoms with Gasteiger partial charge in [-0.2, -0.15) is 0 Å². The number of hydrogen-bond acceptors (Lipinski definition) is 1. The molecule has 0 unspecified atom stereocenters. The molecule has 1 heteroatoms. The van der Waals surface area contributed by atoms with Crippen molar-refractivity contribution in [1.82, 2.24) is 0 Å². The van der Waals surface area contributed by atoms with Crippen molar-refractivity contribution in [3.05, 3.63) is 59.2 Å². The van der Waals surface area contributed by atoms with E-state index in [0.717, 1.165) is 25.9 Å². The van der Waals surface area contributed by atoms with Gasteiger partial charge >= 0.3 is 0 Å². The van der Waals surface area contributed by atoms with Crippen LogP contribution in [0.5, 0.6) is 0 Å². The molecule has 2 rings (SSSR count). The Hall–Kier alpha value is -1.34. The highest BCUT2D eigenvalue weighted by molar-refractivity contribution is 5.21. The fourth-order valence-electron chi connectivity index (χ4n) is 2.29. The van der Waals surface area contributed by atoms with E-state index in [2.05, 4.69) is 56.3 Å². The Balaban J connectivity index is 1.92. The first kappa shape index (κ1) is 13.1. The first-order valence-electron chi connectivity index (χ1n) is 6.73. The lowest BCUT2D eigenvalue weighted by Crippen LogP contribution is -2.11. The molecule has 18 heavy (non-hydrogen) atoms. The molecule has 0 radical (unpaired) electrons. The molecule has 1 aliphatic rings. The van der Waals surface area contributed by atoms with Gasteiger partial charge in [-0.15, -0.1) is 0 Å². The molecule has 0 fully saturated rings. The van der Waals surface area contributed by atoms with Gasteiger partial charge < -0.3 is 4.74 Å². The van der Waals surface area contributed by atoms with Crippen LogP contribution in [-0.2, 0) is 4.74 Å². The average Bonchev–Trinajstić information content (AvgIpc) is 2.40. The van der Waals surface area contributed by atoms with E-state index in [0.29, 0.717) is 0 Å². The Morgan fingerprint density at radius 3 is 2.78 bits per heavy atom. The van der Waals surface area contributed by atoms with E-state index < -0.39 is 0 Å². The molecule has 1 heterocycles. The van der Waals surface area contributed by atoms with Gasteiger partial charge in [-0.3, -0.25) is 0 Å². The van der Waals surface area contributed by atoms with E-state index >= 15 is 0 Å². The van der Waals surface area contributed by atoms with Crippen molar-refractivity contribution < 1.29 is 4.74 Å². The highest BCUT2D eigenvalue weighted by Crippen LogP contribution is 2.30. The molecule has 1 nitrogen and oxygen atoms in total. The summed E-state index contributed by atoms with van der Waals surface area (Å²) in [5, 5.41) is 0. The topological polar surface area (TPSA) is 9.23 Å². The van der Waals surface area contributed by atoms with Crippen molar-refractivity contribution >= 4 is 0 Å². The van der Waals surface area contributed by atoms with Gasteiger partial charge in [0, 0.05) is 0 Å². The Kier molecular flexibility index (Phi) is 4.77. The van der Waals surface area contributed by atoms with E-state index in [1.54, 1.807) is 0 Å². The summed E-state index contributed by atoms with van der Waals surface area (Å²) in [6, 6.07) is 10.5. The van der Waals surface area contributed by atoms with Crippen molar-refractivity contribution in [2.45, 2.75) is 39.2 Å². The van der Waals surface area contributed by atoms with Crippen LogP contribution in [0.25, 0.3) is 0 Å². The Morgan fingerprint density at radius 2 is 2.06 bits per heavy atom. The molecule has 0 saturated carbocycles. The second-order valence-electron chi connectivity index (χ2n) is 5.12. The zero-order chi connectivity index (χ0) is 12.8. The summed E-state index contributed by atoms with van der Waals surface area (Å²) in [5.41, 5.74) is 4.24. The van der Waals surface area contributed by atoms with Crippen molar-refractivity contribution in [3.63, 3.8) is 0 Å². The number of ether oxygens (including phenoxy) is 1. The van der Waals surface area contributed by atoms with Gasteiger partial charge in [0.25, 0.3) is 0 Å². The smallest absolute Gasteiger partial charge is 0.0866 e. The fraction of sp³-hybridized carbons (Fsp3) is 0.412. The molecular weight excluding hydrogens is 220 g/mol. The Labute approximate surface area is 110 Å². The quantitative estimate of drug-likeness (QED) is 0.688. The fourth-order valence-corrected chi connectivity index (χ4v) is 2.29. The lowest BCUT2D eigenvalue weighted by atomic mass is 9.96. The normalized spacial score (nSPS) is 19.2. The van der Waals surface area contributed by atoms with Gasteiger partial charge in [0.05, 0.1) is 12.7 Å². The number of benzene rings is 1. The maximum Gasteiger partial charge on any atom is 0.0866 e. The molecule has 1 atom stereocenters. The second kappa shape index (κ2) is 6.55. The molecule has 1 aromatic rings. The Bertz CT molecular complexity index is 424. The van der Waals surface area contributed by atoms with Crippen LogP contribution in [0.3, 0.4) is 0 Å². The molecule has 0 amide bonds. The number of hydrogen-bond donors (Lipinski definition) is 0. The van der Waals surface area contributed by atoms with Crippen LogP contribution < -0.4 is 0 Å². The van der Waals surface area contributed by atoms with E-state index in [-0.39, 0.29) is 6.10 Å². The largest absolute Gasteiger partial charge is 0.369 e. The van der Waals surface area contributed by atoms with Crippen molar-refractivity contribution in [2.75, 3.05) is 6.61 Å². The molecule has 0 aromatic heterocycles. The highest BCUT2D eigenvalue weighted by atomic mass is 16.5. The molecule has 0 bridgehead atoms. The third kappa shape index (κ3) is 3.85. The maximum absolute atomic E-state index is 5.83. The number of rotatable bonds is 4. The standard InChI is InChI=1S/C17H22O/c1-14(2)7-6-8-15-11-12-18-17(13-15)16-9-4-3-5-10-16/h3-5,7,9-11,17H,6,8,12-13H2,1-2H3/t17-/m1/s1. The van der Waals surface area contributed by atoms with Crippen LogP contribution in [0.4, 0.5) is 0 Å². The summed E-state index contributed by atoms with van der Waals surface area (Å²) in [5.74, 6) is 0. The van der Waals surface area contributed by atoms with Crippen molar-refractivity contribution in [2.24, 2.45) is 0 Å². The average molecular weight is 242 g/mol. The molecular formula is C17H22O. The van der Waals surface area contributed by atoms with Crippen molar-refractivity contribution in [1.29, 1.82) is 0 Å². The summed E-state index contributed by atoms with van der Waals surface area (Å²) in [4.78, 5) is 0. The minimum Gasteiger partial charge on any atom is -0.369 e. The minimum absolute atomic E-state index is 0.248. The van der Waals surface area contributed by atoms with Crippen LogP contribution in [0, 0.1) is 0 Å². The molecule has 0 N–H and O–H groups in total. The first-order chi connectivity index (χ1) is 8.75. The summed E-state index contributed by atoms with van der Waals surface area (Å²) in [7, 11) is 0. The van der Waals surface area contributed by atoms with Crippen molar-refractivity contribution in [3.8, 4) is 0 Å². The van der Waals surface area contributed by atoms with Crippen LogP contribution in [-0.4, -0.2) is 6.61 Å². The SMILES string of the molecule is CC(C)=CCCC1=CCO[C@@H](c2ccccc2)C1. The van der Waals surface area contributed by atoms with E-state index in [9.17, 15) is 0 Å². The molecule has 0 saturated heterocycles. The van der Waals surface area contributed by atoms with E-state index in [1.165, 1.54) is 16.7 Å². The second-order valence-corrected chi connectivity index (χ2v) is 5.12. The predicted molar refractivity (Wildman–Crippen MR) is 76.5 cm³/mol. The number of allylic oxidation sites excluding steroid dienone is 2. The summed E-state index contributed by atoms with van der Waals surface area (Å²) in [6.45, 7) is 5.07. The predicted octanol–water partition coefficient (Wildman–Crippen LogP) is 4.82. The van der Waals surface area contributed by atoms with Crippen LogP contribution in [0.15, 0.2) is 53.6 Å². The third-order valence-electron chi connectivity index (χ3n) is 3.31. The van der Waals surface area contributed by atoms with Gasteiger partial charge in [0.2, 0.25) is 0 Å². The third-order valence-corrected chi connectivity index (χ3v) is 3.31. The summed E-state index contributed by atoms with van der Waals surface area (Å²) < 4.78 is 5.83. The lowest BCUT2D eigenvalue weighted by Gasteiger charge is -2.23. The van der Waals surface area contributed by atoms with E-state index in [4.69, 9.17) is 4.74 Å². The monoisotopic (exact) mass is 242 g/mol. The van der Waals surface area contributed by atoms with Crippen LogP contribution in [0.2, 0.25) is 0 Å². The molecule has 1 aliphatic heterocycles. The zero-order valence-electron chi connectivity index (χ0n) is 11.4. The molecule has 0 spiro atoms.